The molecule has 0 saturated heterocycles. The predicted molar refractivity (Wildman–Crippen MR) is 91.5 cm³/mol. The number of ether oxygens (including phenoxy) is 1. The number of hydrogen-bond donors (Lipinski definition) is 0. The zero-order chi connectivity index (χ0) is 16.8. The van der Waals surface area contributed by atoms with Crippen molar-refractivity contribution in [3.8, 4) is 23.1 Å². The van der Waals surface area contributed by atoms with E-state index in [1.165, 1.54) is 0 Å². The zero-order valence-electron chi connectivity index (χ0n) is 13.5. The van der Waals surface area contributed by atoms with Crippen molar-refractivity contribution in [2.45, 2.75) is 19.9 Å². The van der Waals surface area contributed by atoms with Gasteiger partial charge in [0.15, 0.2) is 5.69 Å². The highest BCUT2D eigenvalue weighted by atomic mass is 16.5. The summed E-state index contributed by atoms with van der Waals surface area (Å²) in [5.41, 5.74) is 3.21. The zero-order valence-corrected chi connectivity index (χ0v) is 13.5. The number of aryl methyl sites for hydroxylation is 2. The second-order valence-electron chi connectivity index (χ2n) is 5.51. The molecule has 3 aromatic rings. The molecule has 0 fully saturated rings. The van der Waals surface area contributed by atoms with E-state index in [1.807, 2.05) is 61.5 Å². The van der Waals surface area contributed by atoms with Gasteiger partial charge in [0, 0.05) is 18.5 Å². The highest BCUT2D eigenvalue weighted by Gasteiger charge is 2.14. The Bertz CT molecular complexity index is 849. The Kier molecular flexibility index (Phi) is 4.87. The first-order valence-electron chi connectivity index (χ1n) is 7.86. The summed E-state index contributed by atoms with van der Waals surface area (Å²) < 4.78 is 7.48. The maximum atomic E-state index is 9.29. The molecule has 0 bridgehead atoms. The standard InChI is InChI=1S/C19H18N4O/c1-15-7-5-8-16(13-15)19-18(14-20)21-22-23(19)11-6-12-24-17-9-3-2-4-10-17/h2-5,7-10,13H,6,11-12H2,1H3. The molecule has 5 nitrogen and oxygen atoms in total. The third kappa shape index (κ3) is 3.61. The Morgan fingerprint density at radius 1 is 1.12 bits per heavy atom. The Balaban J connectivity index is 1.70. The molecule has 0 radical (unpaired) electrons. The molecule has 0 aliphatic heterocycles. The van der Waals surface area contributed by atoms with E-state index in [4.69, 9.17) is 4.74 Å². The van der Waals surface area contributed by atoms with E-state index in [0.717, 1.165) is 29.0 Å². The van der Waals surface area contributed by atoms with Crippen molar-refractivity contribution in [3.63, 3.8) is 0 Å². The second-order valence-corrected chi connectivity index (χ2v) is 5.51. The molecule has 0 atom stereocenters. The van der Waals surface area contributed by atoms with E-state index in [0.29, 0.717) is 18.8 Å². The van der Waals surface area contributed by atoms with E-state index in [9.17, 15) is 5.26 Å². The number of nitrogens with zero attached hydrogens (tertiary/aromatic N) is 4. The van der Waals surface area contributed by atoms with Crippen molar-refractivity contribution in [2.75, 3.05) is 6.61 Å². The summed E-state index contributed by atoms with van der Waals surface area (Å²) in [6.07, 6.45) is 0.780. The molecule has 0 aliphatic rings. The van der Waals surface area contributed by atoms with Gasteiger partial charge in [0.25, 0.3) is 0 Å². The Morgan fingerprint density at radius 2 is 1.96 bits per heavy atom. The van der Waals surface area contributed by atoms with Crippen LogP contribution < -0.4 is 4.74 Å². The molecule has 3 rings (SSSR count). The topological polar surface area (TPSA) is 63.7 Å². The van der Waals surface area contributed by atoms with Crippen molar-refractivity contribution < 1.29 is 4.74 Å². The van der Waals surface area contributed by atoms with E-state index in [2.05, 4.69) is 16.4 Å². The fourth-order valence-electron chi connectivity index (χ4n) is 2.54. The van der Waals surface area contributed by atoms with E-state index in [-0.39, 0.29) is 0 Å². The molecule has 0 N–H and O–H groups in total. The molecule has 0 unspecified atom stereocenters. The molecule has 0 spiro atoms. The number of benzene rings is 2. The monoisotopic (exact) mass is 318 g/mol. The van der Waals surface area contributed by atoms with Gasteiger partial charge in [-0.15, -0.1) is 5.10 Å². The highest BCUT2D eigenvalue weighted by Crippen LogP contribution is 2.23. The van der Waals surface area contributed by atoms with Crippen LogP contribution in [0.2, 0.25) is 0 Å². The molecule has 1 aromatic heterocycles. The molecule has 0 saturated carbocycles. The molecule has 2 aromatic carbocycles. The van der Waals surface area contributed by atoms with Crippen LogP contribution in [-0.4, -0.2) is 21.6 Å². The van der Waals surface area contributed by atoms with Gasteiger partial charge in [-0.2, -0.15) is 5.26 Å². The van der Waals surface area contributed by atoms with Crippen LogP contribution in [0.15, 0.2) is 54.6 Å². The summed E-state index contributed by atoms with van der Waals surface area (Å²) in [6, 6.07) is 19.9. The Hall–Kier alpha value is -3.13. The minimum Gasteiger partial charge on any atom is -0.494 e. The lowest BCUT2D eigenvalue weighted by Gasteiger charge is -2.09. The van der Waals surface area contributed by atoms with Gasteiger partial charge in [-0.05, 0) is 25.1 Å². The average molecular weight is 318 g/mol. The number of para-hydroxylation sites is 1. The third-order valence-corrected chi connectivity index (χ3v) is 3.66. The minimum absolute atomic E-state index is 0.351. The van der Waals surface area contributed by atoms with Gasteiger partial charge in [-0.25, -0.2) is 4.68 Å². The summed E-state index contributed by atoms with van der Waals surface area (Å²) in [5.74, 6) is 0.854. The lowest BCUT2D eigenvalue weighted by atomic mass is 10.1. The van der Waals surface area contributed by atoms with Crippen molar-refractivity contribution in [1.29, 1.82) is 5.26 Å². The second kappa shape index (κ2) is 7.42. The van der Waals surface area contributed by atoms with Crippen LogP contribution in [0.1, 0.15) is 17.7 Å². The molecular formula is C19H18N4O. The largest absolute Gasteiger partial charge is 0.494 e. The summed E-state index contributed by atoms with van der Waals surface area (Å²) in [7, 11) is 0. The van der Waals surface area contributed by atoms with Crippen LogP contribution >= 0.6 is 0 Å². The van der Waals surface area contributed by atoms with Gasteiger partial charge >= 0.3 is 0 Å². The van der Waals surface area contributed by atoms with E-state index in [1.54, 1.807) is 4.68 Å². The molecular weight excluding hydrogens is 300 g/mol. The summed E-state index contributed by atoms with van der Waals surface area (Å²) in [5, 5.41) is 17.4. The number of aromatic nitrogens is 3. The molecule has 5 heteroatoms. The van der Waals surface area contributed by atoms with Gasteiger partial charge in [-0.3, -0.25) is 0 Å². The lowest BCUT2D eigenvalue weighted by Crippen LogP contribution is -2.07. The minimum atomic E-state index is 0.351. The van der Waals surface area contributed by atoms with Crippen LogP contribution in [-0.2, 0) is 6.54 Å². The van der Waals surface area contributed by atoms with Crippen molar-refractivity contribution >= 4 is 0 Å². The predicted octanol–water partition coefficient (Wildman–Crippen LogP) is 3.59. The molecule has 24 heavy (non-hydrogen) atoms. The van der Waals surface area contributed by atoms with Crippen molar-refractivity contribution in [1.82, 2.24) is 15.0 Å². The van der Waals surface area contributed by atoms with Gasteiger partial charge in [0.05, 0.1) is 6.61 Å². The van der Waals surface area contributed by atoms with Crippen LogP contribution in [0, 0.1) is 18.3 Å². The van der Waals surface area contributed by atoms with Crippen LogP contribution in [0.5, 0.6) is 5.75 Å². The molecule has 0 amide bonds. The smallest absolute Gasteiger partial charge is 0.190 e. The SMILES string of the molecule is Cc1cccc(-c2c(C#N)nnn2CCCOc2ccccc2)c1. The number of rotatable bonds is 6. The fraction of sp³-hybridized carbons (Fsp3) is 0.211. The van der Waals surface area contributed by atoms with Crippen molar-refractivity contribution in [2.24, 2.45) is 0 Å². The first-order chi connectivity index (χ1) is 11.8. The summed E-state index contributed by atoms with van der Waals surface area (Å²) in [6.45, 7) is 3.25. The maximum Gasteiger partial charge on any atom is 0.190 e. The van der Waals surface area contributed by atoms with Gasteiger partial charge in [0.1, 0.15) is 17.5 Å². The fourth-order valence-corrected chi connectivity index (χ4v) is 2.54. The maximum absolute atomic E-state index is 9.29. The van der Waals surface area contributed by atoms with Crippen LogP contribution in [0.25, 0.3) is 11.3 Å². The molecule has 1 heterocycles. The van der Waals surface area contributed by atoms with E-state index >= 15 is 0 Å². The Morgan fingerprint density at radius 3 is 2.71 bits per heavy atom. The van der Waals surface area contributed by atoms with Gasteiger partial charge in [0.2, 0.25) is 0 Å². The van der Waals surface area contributed by atoms with Gasteiger partial charge in [-0.1, -0.05) is 47.2 Å². The van der Waals surface area contributed by atoms with Gasteiger partial charge < -0.3 is 4.74 Å². The molecule has 0 aliphatic carbocycles. The summed E-state index contributed by atoms with van der Waals surface area (Å²) in [4.78, 5) is 0. The first kappa shape index (κ1) is 15.8. The highest BCUT2D eigenvalue weighted by molar-refractivity contribution is 5.65. The average Bonchev–Trinajstić information content (AvgIpc) is 3.02. The first-order valence-corrected chi connectivity index (χ1v) is 7.86. The van der Waals surface area contributed by atoms with Crippen LogP contribution in [0.4, 0.5) is 0 Å². The van der Waals surface area contributed by atoms with Crippen LogP contribution in [0.3, 0.4) is 0 Å². The van der Waals surface area contributed by atoms with Crippen molar-refractivity contribution in [3.05, 3.63) is 65.9 Å². The lowest BCUT2D eigenvalue weighted by molar-refractivity contribution is 0.298. The number of nitriles is 1. The quantitative estimate of drug-likeness (QED) is 0.652. The molecule has 120 valence electrons. The van der Waals surface area contributed by atoms with E-state index < -0.39 is 0 Å². The normalized spacial score (nSPS) is 10.3. The Labute approximate surface area is 141 Å². The number of hydrogen-bond acceptors (Lipinski definition) is 4. The third-order valence-electron chi connectivity index (χ3n) is 3.66. The summed E-state index contributed by atoms with van der Waals surface area (Å²) >= 11 is 0.